The van der Waals surface area contributed by atoms with Gasteiger partial charge in [-0.3, -0.25) is 9.59 Å². The van der Waals surface area contributed by atoms with Crippen molar-refractivity contribution in [3.8, 4) is 0 Å². The third-order valence-corrected chi connectivity index (χ3v) is 3.39. The number of nitrogens with zero attached hydrogens (tertiary/aromatic N) is 1. The van der Waals surface area contributed by atoms with E-state index in [2.05, 4.69) is 5.32 Å². The van der Waals surface area contributed by atoms with E-state index in [0.717, 1.165) is 5.56 Å². The second-order valence-electron chi connectivity index (χ2n) is 4.67. The van der Waals surface area contributed by atoms with E-state index in [1.807, 2.05) is 18.2 Å². The molecule has 1 aliphatic rings. The summed E-state index contributed by atoms with van der Waals surface area (Å²) in [4.78, 5) is 25.7. The maximum Gasteiger partial charge on any atom is 0.244 e. The number of morpholine rings is 1. The Morgan fingerprint density at radius 1 is 1.45 bits per heavy atom. The Kier molecular flexibility index (Phi) is 4.57. The van der Waals surface area contributed by atoms with Gasteiger partial charge < -0.3 is 20.7 Å². The van der Waals surface area contributed by atoms with Crippen molar-refractivity contribution in [2.75, 3.05) is 32.5 Å². The SMILES string of the molecule is CNC(=O)C1COCCN1C(=O)Cc1ccccc1N. The topological polar surface area (TPSA) is 84.7 Å². The number of carbonyl (C=O) groups excluding carboxylic acids is 2. The fraction of sp³-hybridized carbons (Fsp3) is 0.429. The highest BCUT2D eigenvalue weighted by Crippen LogP contribution is 2.15. The molecular weight excluding hydrogens is 258 g/mol. The van der Waals surface area contributed by atoms with Crippen molar-refractivity contribution in [1.82, 2.24) is 10.2 Å². The van der Waals surface area contributed by atoms with E-state index in [1.165, 1.54) is 0 Å². The van der Waals surface area contributed by atoms with Gasteiger partial charge in [0.05, 0.1) is 19.6 Å². The minimum absolute atomic E-state index is 0.111. The molecule has 1 fully saturated rings. The van der Waals surface area contributed by atoms with Gasteiger partial charge in [0.1, 0.15) is 6.04 Å². The summed E-state index contributed by atoms with van der Waals surface area (Å²) >= 11 is 0. The van der Waals surface area contributed by atoms with Gasteiger partial charge in [-0.25, -0.2) is 0 Å². The molecule has 2 rings (SSSR count). The molecule has 0 radical (unpaired) electrons. The standard InChI is InChI=1S/C14H19N3O3/c1-16-14(19)12-9-20-7-6-17(12)13(18)8-10-4-2-3-5-11(10)15/h2-5,12H,6-9,15H2,1H3,(H,16,19). The van der Waals surface area contributed by atoms with Crippen LogP contribution >= 0.6 is 0 Å². The lowest BCUT2D eigenvalue weighted by Crippen LogP contribution is -2.55. The Labute approximate surface area is 117 Å². The van der Waals surface area contributed by atoms with E-state index in [4.69, 9.17) is 10.5 Å². The molecule has 1 aromatic carbocycles. The number of para-hydroxylation sites is 1. The van der Waals surface area contributed by atoms with E-state index in [1.54, 1.807) is 18.0 Å². The molecule has 1 atom stereocenters. The van der Waals surface area contributed by atoms with Gasteiger partial charge in [0.2, 0.25) is 11.8 Å². The monoisotopic (exact) mass is 277 g/mol. The van der Waals surface area contributed by atoms with Gasteiger partial charge in [-0.05, 0) is 11.6 Å². The average Bonchev–Trinajstić information content (AvgIpc) is 2.48. The van der Waals surface area contributed by atoms with Gasteiger partial charge in [-0.1, -0.05) is 18.2 Å². The molecule has 1 saturated heterocycles. The number of hydrogen-bond acceptors (Lipinski definition) is 4. The zero-order chi connectivity index (χ0) is 14.5. The van der Waals surface area contributed by atoms with Gasteiger partial charge in [0, 0.05) is 19.3 Å². The number of nitrogens with one attached hydrogen (secondary N) is 1. The quantitative estimate of drug-likeness (QED) is 0.748. The second-order valence-corrected chi connectivity index (χ2v) is 4.67. The van der Waals surface area contributed by atoms with Crippen molar-refractivity contribution >= 4 is 17.5 Å². The van der Waals surface area contributed by atoms with E-state index in [0.29, 0.717) is 18.8 Å². The molecule has 20 heavy (non-hydrogen) atoms. The minimum Gasteiger partial charge on any atom is -0.398 e. The Morgan fingerprint density at radius 2 is 2.20 bits per heavy atom. The molecule has 108 valence electrons. The van der Waals surface area contributed by atoms with Crippen LogP contribution in [0, 0.1) is 0 Å². The molecule has 3 N–H and O–H groups in total. The first-order chi connectivity index (χ1) is 9.63. The normalized spacial score (nSPS) is 18.6. The molecule has 1 unspecified atom stereocenters. The van der Waals surface area contributed by atoms with Gasteiger partial charge in [-0.2, -0.15) is 0 Å². The summed E-state index contributed by atoms with van der Waals surface area (Å²) in [6.45, 7) is 1.10. The van der Waals surface area contributed by atoms with E-state index < -0.39 is 6.04 Å². The predicted molar refractivity (Wildman–Crippen MR) is 74.9 cm³/mol. The van der Waals surface area contributed by atoms with Crippen molar-refractivity contribution < 1.29 is 14.3 Å². The number of ether oxygens (including phenoxy) is 1. The Bertz CT molecular complexity index is 504. The lowest BCUT2D eigenvalue weighted by Gasteiger charge is -2.34. The van der Waals surface area contributed by atoms with Crippen LogP contribution in [-0.4, -0.2) is 49.6 Å². The molecule has 0 bridgehead atoms. The minimum atomic E-state index is -0.564. The fourth-order valence-electron chi connectivity index (χ4n) is 2.25. The van der Waals surface area contributed by atoms with Crippen LogP contribution in [-0.2, 0) is 20.7 Å². The van der Waals surface area contributed by atoms with Gasteiger partial charge in [0.25, 0.3) is 0 Å². The molecule has 1 aliphatic heterocycles. The maximum atomic E-state index is 12.4. The highest BCUT2D eigenvalue weighted by molar-refractivity contribution is 5.89. The number of carbonyl (C=O) groups is 2. The molecule has 0 spiro atoms. The third-order valence-electron chi connectivity index (χ3n) is 3.39. The zero-order valence-corrected chi connectivity index (χ0v) is 11.5. The number of nitrogen functional groups attached to an aromatic ring is 1. The number of anilines is 1. The molecule has 1 heterocycles. The van der Waals surface area contributed by atoms with Gasteiger partial charge in [-0.15, -0.1) is 0 Å². The molecule has 0 saturated carbocycles. The Hall–Kier alpha value is -2.08. The lowest BCUT2D eigenvalue weighted by molar-refractivity contribution is -0.147. The second kappa shape index (κ2) is 6.38. The number of hydrogen-bond donors (Lipinski definition) is 2. The molecular formula is C14H19N3O3. The summed E-state index contributed by atoms with van der Waals surface area (Å²) in [5.74, 6) is -0.320. The smallest absolute Gasteiger partial charge is 0.244 e. The van der Waals surface area contributed by atoms with Crippen molar-refractivity contribution in [1.29, 1.82) is 0 Å². The molecule has 0 aromatic heterocycles. The first kappa shape index (κ1) is 14.3. The number of benzene rings is 1. The van der Waals surface area contributed by atoms with Crippen molar-refractivity contribution in [3.63, 3.8) is 0 Å². The number of nitrogens with two attached hydrogens (primary N) is 1. The molecule has 6 nitrogen and oxygen atoms in total. The average molecular weight is 277 g/mol. The summed E-state index contributed by atoms with van der Waals surface area (Å²) < 4.78 is 5.28. The van der Waals surface area contributed by atoms with Crippen LogP contribution in [0.25, 0.3) is 0 Å². The summed E-state index contributed by atoms with van der Waals surface area (Å²) in [7, 11) is 1.55. The van der Waals surface area contributed by atoms with Crippen molar-refractivity contribution in [2.24, 2.45) is 0 Å². The number of rotatable bonds is 3. The van der Waals surface area contributed by atoms with Crippen molar-refractivity contribution in [2.45, 2.75) is 12.5 Å². The number of amides is 2. The largest absolute Gasteiger partial charge is 0.398 e. The maximum absolute atomic E-state index is 12.4. The highest BCUT2D eigenvalue weighted by Gasteiger charge is 2.32. The van der Waals surface area contributed by atoms with Crippen LogP contribution in [0.5, 0.6) is 0 Å². The van der Waals surface area contributed by atoms with Crippen LogP contribution in [0.4, 0.5) is 5.69 Å². The molecule has 2 amide bonds. The van der Waals surface area contributed by atoms with Crippen molar-refractivity contribution in [3.05, 3.63) is 29.8 Å². The van der Waals surface area contributed by atoms with Crippen LogP contribution in [0.3, 0.4) is 0 Å². The lowest BCUT2D eigenvalue weighted by atomic mass is 10.1. The Morgan fingerprint density at radius 3 is 2.90 bits per heavy atom. The van der Waals surface area contributed by atoms with E-state index >= 15 is 0 Å². The summed E-state index contributed by atoms with van der Waals surface area (Å²) in [5.41, 5.74) is 7.21. The van der Waals surface area contributed by atoms with Gasteiger partial charge >= 0.3 is 0 Å². The molecule has 1 aromatic rings. The van der Waals surface area contributed by atoms with E-state index in [-0.39, 0.29) is 24.8 Å². The fourth-order valence-corrected chi connectivity index (χ4v) is 2.25. The third kappa shape index (κ3) is 3.08. The summed E-state index contributed by atoms with van der Waals surface area (Å²) in [6, 6.07) is 6.69. The number of likely N-dealkylation sites (N-methyl/N-ethyl adjacent to an activating group) is 1. The highest BCUT2D eigenvalue weighted by atomic mass is 16.5. The van der Waals surface area contributed by atoms with Crippen LogP contribution in [0.15, 0.2) is 24.3 Å². The molecule has 0 aliphatic carbocycles. The van der Waals surface area contributed by atoms with Crippen LogP contribution in [0.2, 0.25) is 0 Å². The summed E-state index contributed by atoms with van der Waals surface area (Å²) in [5, 5.41) is 2.56. The Balaban J connectivity index is 2.10. The van der Waals surface area contributed by atoms with Crippen LogP contribution in [0.1, 0.15) is 5.56 Å². The first-order valence-electron chi connectivity index (χ1n) is 6.55. The zero-order valence-electron chi connectivity index (χ0n) is 11.5. The molecule has 6 heteroatoms. The van der Waals surface area contributed by atoms with Gasteiger partial charge in [0.15, 0.2) is 0 Å². The van der Waals surface area contributed by atoms with E-state index in [9.17, 15) is 9.59 Å². The predicted octanol–water partition coefficient (Wildman–Crippen LogP) is -0.215. The summed E-state index contributed by atoms with van der Waals surface area (Å²) in [6.07, 6.45) is 0.195. The van der Waals surface area contributed by atoms with Crippen LogP contribution < -0.4 is 11.1 Å². The first-order valence-corrected chi connectivity index (χ1v) is 6.55.